The Balaban J connectivity index is 3.71. The van der Waals surface area contributed by atoms with Gasteiger partial charge in [0.25, 0.3) is 0 Å². The first kappa shape index (κ1) is 18.9. The number of rotatable bonds is 13. The molecular formula is C17H38N2. The van der Waals surface area contributed by atoms with Gasteiger partial charge in [0.05, 0.1) is 0 Å². The molecule has 116 valence electrons. The van der Waals surface area contributed by atoms with Gasteiger partial charge in [-0.1, -0.05) is 40.5 Å². The first-order chi connectivity index (χ1) is 9.06. The highest BCUT2D eigenvalue weighted by Gasteiger charge is 2.07. The van der Waals surface area contributed by atoms with Crippen LogP contribution in [0.3, 0.4) is 0 Å². The molecule has 0 amide bonds. The van der Waals surface area contributed by atoms with Gasteiger partial charge in [0.15, 0.2) is 0 Å². The van der Waals surface area contributed by atoms with Crippen LogP contribution in [0.2, 0.25) is 0 Å². The summed E-state index contributed by atoms with van der Waals surface area (Å²) in [6, 6.07) is 0. The molecule has 0 bridgehead atoms. The molecule has 0 aromatic heterocycles. The van der Waals surface area contributed by atoms with E-state index in [1.54, 1.807) is 0 Å². The molecule has 0 rings (SSSR count). The van der Waals surface area contributed by atoms with Gasteiger partial charge in [0.1, 0.15) is 0 Å². The largest absolute Gasteiger partial charge is 0.320 e. The molecule has 0 heterocycles. The quantitative estimate of drug-likeness (QED) is 0.506. The monoisotopic (exact) mass is 270 g/mol. The standard InChI is InChI=1S/C17H38N2/c1-16(2)10-14-19(15-11-17(3)4)13-9-7-6-8-12-18-5/h16-18H,6-15H2,1-5H3. The average Bonchev–Trinajstić information content (AvgIpc) is 2.35. The Morgan fingerprint density at radius 3 is 1.74 bits per heavy atom. The minimum atomic E-state index is 0.831. The fourth-order valence-electron chi connectivity index (χ4n) is 2.21. The van der Waals surface area contributed by atoms with Crippen LogP contribution in [0.15, 0.2) is 0 Å². The molecule has 0 saturated carbocycles. The maximum Gasteiger partial charge on any atom is -0.00163 e. The van der Waals surface area contributed by atoms with E-state index in [0.717, 1.165) is 11.8 Å². The van der Waals surface area contributed by atoms with E-state index in [0.29, 0.717) is 0 Å². The third-order valence-corrected chi connectivity index (χ3v) is 3.70. The zero-order valence-electron chi connectivity index (χ0n) is 14.2. The number of hydrogen-bond acceptors (Lipinski definition) is 2. The minimum absolute atomic E-state index is 0.831. The summed E-state index contributed by atoms with van der Waals surface area (Å²) < 4.78 is 0. The lowest BCUT2D eigenvalue weighted by atomic mass is 10.1. The van der Waals surface area contributed by atoms with Crippen molar-refractivity contribution >= 4 is 0 Å². The van der Waals surface area contributed by atoms with Crippen molar-refractivity contribution in [3.8, 4) is 0 Å². The lowest BCUT2D eigenvalue weighted by Gasteiger charge is -2.24. The van der Waals surface area contributed by atoms with Gasteiger partial charge in [-0.25, -0.2) is 0 Å². The molecule has 0 aliphatic carbocycles. The molecule has 0 radical (unpaired) electrons. The molecule has 2 heteroatoms. The lowest BCUT2D eigenvalue weighted by Crippen LogP contribution is -2.28. The smallest absolute Gasteiger partial charge is 0.00163 e. The lowest BCUT2D eigenvalue weighted by molar-refractivity contribution is 0.238. The molecule has 0 unspecified atom stereocenters. The molecule has 2 nitrogen and oxygen atoms in total. The van der Waals surface area contributed by atoms with E-state index in [-0.39, 0.29) is 0 Å². The molecule has 0 saturated heterocycles. The van der Waals surface area contributed by atoms with Gasteiger partial charge < -0.3 is 10.2 Å². The molecule has 1 N–H and O–H groups in total. The number of nitrogens with zero attached hydrogens (tertiary/aromatic N) is 1. The maximum absolute atomic E-state index is 3.22. The second-order valence-electron chi connectivity index (χ2n) is 6.72. The third-order valence-electron chi connectivity index (χ3n) is 3.70. The molecule has 0 aliphatic heterocycles. The zero-order valence-corrected chi connectivity index (χ0v) is 14.2. The Morgan fingerprint density at radius 2 is 1.26 bits per heavy atom. The van der Waals surface area contributed by atoms with E-state index in [1.165, 1.54) is 64.7 Å². The van der Waals surface area contributed by atoms with Gasteiger partial charge in [-0.3, -0.25) is 0 Å². The highest BCUT2D eigenvalue weighted by atomic mass is 15.1. The molecule has 0 atom stereocenters. The van der Waals surface area contributed by atoms with E-state index in [1.807, 2.05) is 7.05 Å². The Morgan fingerprint density at radius 1 is 0.737 bits per heavy atom. The van der Waals surface area contributed by atoms with E-state index in [2.05, 4.69) is 37.9 Å². The van der Waals surface area contributed by atoms with Crippen LogP contribution in [-0.2, 0) is 0 Å². The summed E-state index contributed by atoms with van der Waals surface area (Å²) in [6.07, 6.45) is 8.16. The highest BCUT2D eigenvalue weighted by Crippen LogP contribution is 2.08. The van der Waals surface area contributed by atoms with Crippen LogP contribution in [-0.4, -0.2) is 38.1 Å². The van der Waals surface area contributed by atoms with E-state index < -0.39 is 0 Å². The fourth-order valence-corrected chi connectivity index (χ4v) is 2.21. The Labute approximate surface area is 122 Å². The molecule has 0 spiro atoms. The average molecular weight is 271 g/mol. The van der Waals surface area contributed by atoms with Crippen molar-refractivity contribution in [2.45, 2.75) is 66.2 Å². The summed E-state index contributed by atoms with van der Waals surface area (Å²) >= 11 is 0. The summed E-state index contributed by atoms with van der Waals surface area (Å²) in [6.45, 7) is 14.4. The molecule has 0 aromatic rings. The van der Waals surface area contributed by atoms with Crippen LogP contribution in [0.1, 0.15) is 66.2 Å². The Hall–Kier alpha value is -0.0800. The fraction of sp³-hybridized carbons (Fsp3) is 1.00. The molecule has 0 fully saturated rings. The van der Waals surface area contributed by atoms with Crippen LogP contribution in [0, 0.1) is 11.8 Å². The van der Waals surface area contributed by atoms with E-state index in [9.17, 15) is 0 Å². The van der Waals surface area contributed by atoms with Crippen LogP contribution < -0.4 is 5.32 Å². The van der Waals surface area contributed by atoms with Crippen molar-refractivity contribution in [2.24, 2.45) is 11.8 Å². The normalized spacial score (nSPS) is 12.0. The van der Waals surface area contributed by atoms with Crippen molar-refractivity contribution in [3.63, 3.8) is 0 Å². The first-order valence-electron chi connectivity index (χ1n) is 8.43. The second-order valence-corrected chi connectivity index (χ2v) is 6.72. The van der Waals surface area contributed by atoms with E-state index >= 15 is 0 Å². The molecule has 0 aliphatic rings. The summed E-state index contributed by atoms with van der Waals surface area (Å²) in [5.74, 6) is 1.66. The zero-order chi connectivity index (χ0) is 14.5. The maximum atomic E-state index is 3.22. The summed E-state index contributed by atoms with van der Waals surface area (Å²) in [4.78, 5) is 2.69. The third kappa shape index (κ3) is 14.1. The van der Waals surface area contributed by atoms with Crippen molar-refractivity contribution in [3.05, 3.63) is 0 Å². The SMILES string of the molecule is CNCCCCCCN(CCC(C)C)CCC(C)C. The summed E-state index contributed by atoms with van der Waals surface area (Å²) in [5, 5.41) is 3.22. The predicted molar refractivity (Wildman–Crippen MR) is 87.7 cm³/mol. The summed E-state index contributed by atoms with van der Waals surface area (Å²) in [7, 11) is 2.04. The van der Waals surface area contributed by atoms with Crippen molar-refractivity contribution in [1.82, 2.24) is 10.2 Å². The van der Waals surface area contributed by atoms with Crippen LogP contribution in [0.25, 0.3) is 0 Å². The number of nitrogens with one attached hydrogen (secondary N) is 1. The van der Waals surface area contributed by atoms with Crippen LogP contribution in [0.4, 0.5) is 0 Å². The highest BCUT2D eigenvalue weighted by molar-refractivity contribution is 4.61. The van der Waals surface area contributed by atoms with Gasteiger partial charge in [-0.15, -0.1) is 0 Å². The molecular weight excluding hydrogens is 232 g/mol. The van der Waals surface area contributed by atoms with Gasteiger partial charge in [0, 0.05) is 0 Å². The van der Waals surface area contributed by atoms with Gasteiger partial charge in [-0.05, 0) is 70.7 Å². The van der Waals surface area contributed by atoms with Crippen LogP contribution in [0.5, 0.6) is 0 Å². The van der Waals surface area contributed by atoms with Gasteiger partial charge >= 0.3 is 0 Å². The van der Waals surface area contributed by atoms with Gasteiger partial charge in [-0.2, -0.15) is 0 Å². The number of unbranched alkanes of at least 4 members (excludes halogenated alkanes) is 3. The first-order valence-corrected chi connectivity index (χ1v) is 8.43. The molecule has 19 heavy (non-hydrogen) atoms. The predicted octanol–water partition coefficient (Wildman–Crippen LogP) is 4.16. The second kappa shape index (κ2) is 12.9. The van der Waals surface area contributed by atoms with Crippen molar-refractivity contribution < 1.29 is 0 Å². The van der Waals surface area contributed by atoms with Crippen molar-refractivity contribution in [2.75, 3.05) is 33.2 Å². The van der Waals surface area contributed by atoms with Crippen LogP contribution >= 0.6 is 0 Å². The number of hydrogen-bond donors (Lipinski definition) is 1. The summed E-state index contributed by atoms with van der Waals surface area (Å²) in [5.41, 5.74) is 0. The Kier molecular flexibility index (Phi) is 12.9. The molecule has 0 aromatic carbocycles. The van der Waals surface area contributed by atoms with Crippen molar-refractivity contribution in [1.29, 1.82) is 0 Å². The topological polar surface area (TPSA) is 15.3 Å². The van der Waals surface area contributed by atoms with Gasteiger partial charge in [0.2, 0.25) is 0 Å². The Bertz CT molecular complexity index is 166. The minimum Gasteiger partial charge on any atom is -0.320 e. The van der Waals surface area contributed by atoms with E-state index in [4.69, 9.17) is 0 Å².